The zero-order valence-electron chi connectivity index (χ0n) is 12.4. The molecule has 0 fully saturated rings. The van der Waals surface area contributed by atoms with E-state index in [-0.39, 0.29) is 0 Å². The SMILES string of the molecule is C=CC(=C)NC1Cc2sccc2C(c2ccccc2C)C1. The lowest BCUT2D eigenvalue weighted by Crippen LogP contribution is -2.34. The Morgan fingerprint density at radius 3 is 2.86 bits per heavy atom. The van der Waals surface area contributed by atoms with Crippen LogP contribution >= 0.6 is 11.3 Å². The highest BCUT2D eigenvalue weighted by Gasteiger charge is 2.29. The summed E-state index contributed by atoms with van der Waals surface area (Å²) in [5, 5.41) is 5.74. The predicted octanol–water partition coefficient (Wildman–Crippen LogP) is 4.79. The van der Waals surface area contributed by atoms with Crippen molar-refractivity contribution in [2.45, 2.75) is 31.7 Å². The average molecular weight is 295 g/mol. The van der Waals surface area contributed by atoms with Gasteiger partial charge in [0.15, 0.2) is 0 Å². The minimum absolute atomic E-state index is 0.436. The number of hydrogen-bond acceptors (Lipinski definition) is 2. The van der Waals surface area contributed by atoms with Gasteiger partial charge in [-0.05, 0) is 47.6 Å². The Labute approximate surface area is 131 Å². The average Bonchev–Trinajstić information content (AvgIpc) is 2.95. The predicted molar refractivity (Wildman–Crippen MR) is 91.9 cm³/mol. The van der Waals surface area contributed by atoms with Crippen LogP contribution in [0.5, 0.6) is 0 Å². The van der Waals surface area contributed by atoms with Gasteiger partial charge in [-0.15, -0.1) is 11.3 Å². The van der Waals surface area contributed by atoms with E-state index in [1.165, 1.54) is 21.6 Å². The number of hydrogen-bond donors (Lipinski definition) is 1. The molecule has 2 aromatic rings. The van der Waals surface area contributed by atoms with E-state index in [9.17, 15) is 0 Å². The van der Waals surface area contributed by atoms with Crippen LogP contribution in [0.4, 0.5) is 0 Å². The topological polar surface area (TPSA) is 12.0 Å². The molecular formula is C19H21NS. The normalized spacial score (nSPS) is 20.6. The van der Waals surface area contributed by atoms with E-state index in [4.69, 9.17) is 0 Å². The minimum atomic E-state index is 0.436. The Hall–Kier alpha value is -1.80. The molecule has 3 rings (SSSR count). The highest BCUT2D eigenvalue weighted by Crippen LogP contribution is 2.40. The molecule has 1 aliphatic rings. The number of nitrogens with one attached hydrogen (secondary N) is 1. The first kappa shape index (κ1) is 14.2. The van der Waals surface area contributed by atoms with Crippen LogP contribution in [0.25, 0.3) is 0 Å². The maximum atomic E-state index is 4.00. The van der Waals surface area contributed by atoms with Gasteiger partial charge in [-0.3, -0.25) is 0 Å². The molecule has 1 nitrogen and oxygen atoms in total. The number of allylic oxidation sites excluding steroid dienone is 1. The second kappa shape index (κ2) is 5.90. The lowest BCUT2D eigenvalue weighted by Gasteiger charge is -2.32. The first-order valence-corrected chi connectivity index (χ1v) is 8.26. The van der Waals surface area contributed by atoms with Crippen LogP contribution in [0.15, 0.2) is 60.6 Å². The fraction of sp³-hybridized carbons (Fsp3) is 0.263. The molecule has 108 valence electrons. The van der Waals surface area contributed by atoms with E-state index in [0.717, 1.165) is 18.5 Å². The molecule has 1 aromatic carbocycles. The van der Waals surface area contributed by atoms with Gasteiger partial charge in [-0.1, -0.05) is 37.4 Å². The van der Waals surface area contributed by atoms with E-state index in [2.05, 4.69) is 61.1 Å². The summed E-state index contributed by atoms with van der Waals surface area (Å²) in [6.07, 6.45) is 4.00. The largest absolute Gasteiger partial charge is 0.382 e. The number of rotatable bonds is 4. The maximum absolute atomic E-state index is 4.00. The van der Waals surface area contributed by atoms with Crippen molar-refractivity contribution in [3.05, 3.63) is 82.2 Å². The fourth-order valence-corrected chi connectivity index (χ4v) is 4.27. The van der Waals surface area contributed by atoms with Crippen LogP contribution in [0.1, 0.15) is 33.9 Å². The number of aryl methyl sites for hydroxylation is 1. The summed E-state index contributed by atoms with van der Waals surface area (Å²) in [5.41, 5.74) is 5.26. The summed E-state index contributed by atoms with van der Waals surface area (Å²) in [4.78, 5) is 1.50. The maximum Gasteiger partial charge on any atom is 0.0318 e. The van der Waals surface area contributed by atoms with E-state index >= 15 is 0 Å². The molecule has 0 amide bonds. The van der Waals surface area contributed by atoms with Gasteiger partial charge >= 0.3 is 0 Å². The third-order valence-electron chi connectivity index (χ3n) is 4.31. The molecule has 21 heavy (non-hydrogen) atoms. The summed E-state index contributed by atoms with van der Waals surface area (Å²) in [6.45, 7) is 10.0. The first-order chi connectivity index (χ1) is 10.2. The fourth-order valence-electron chi connectivity index (χ4n) is 3.25. The lowest BCUT2D eigenvalue weighted by molar-refractivity contribution is 0.477. The van der Waals surface area contributed by atoms with E-state index < -0.39 is 0 Å². The molecule has 1 heterocycles. The quantitative estimate of drug-likeness (QED) is 0.799. The Morgan fingerprint density at radius 1 is 1.29 bits per heavy atom. The van der Waals surface area contributed by atoms with Crippen LogP contribution in [-0.4, -0.2) is 6.04 Å². The summed E-state index contributed by atoms with van der Waals surface area (Å²) in [7, 11) is 0. The zero-order chi connectivity index (χ0) is 14.8. The van der Waals surface area contributed by atoms with Crippen molar-refractivity contribution >= 4 is 11.3 Å². The molecular weight excluding hydrogens is 274 g/mol. The molecule has 0 spiro atoms. The number of benzene rings is 1. The lowest BCUT2D eigenvalue weighted by atomic mass is 9.79. The first-order valence-electron chi connectivity index (χ1n) is 7.38. The highest BCUT2D eigenvalue weighted by atomic mass is 32.1. The smallest absolute Gasteiger partial charge is 0.0318 e. The summed E-state index contributed by atoms with van der Waals surface area (Å²) in [5.74, 6) is 0.483. The van der Waals surface area contributed by atoms with Gasteiger partial charge in [0.05, 0.1) is 0 Å². The van der Waals surface area contributed by atoms with Gasteiger partial charge in [-0.25, -0.2) is 0 Å². The molecule has 2 atom stereocenters. The van der Waals surface area contributed by atoms with Crippen molar-refractivity contribution in [2.24, 2.45) is 0 Å². The van der Waals surface area contributed by atoms with Gasteiger partial charge in [-0.2, -0.15) is 0 Å². The summed E-state index contributed by atoms with van der Waals surface area (Å²) in [6, 6.07) is 11.5. The highest BCUT2D eigenvalue weighted by molar-refractivity contribution is 7.10. The van der Waals surface area contributed by atoms with Crippen molar-refractivity contribution in [3.8, 4) is 0 Å². The Kier molecular flexibility index (Phi) is 3.98. The Bertz CT molecular complexity index is 668. The van der Waals surface area contributed by atoms with E-state index in [1.54, 1.807) is 6.08 Å². The molecule has 1 N–H and O–H groups in total. The number of fused-ring (bicyclic) bond motifs is 1. The van der Waals surface area contributed by atoms with Crippen LogP contribution in [-0.2, 0) is 6.42 Å². The van der Waals surface area contributed by atoms with Crippen molar-refractivity contribution in [3.63, 3.8) is 0 Å². The molecule has 2 heteroatoms. The second-order valence-electron chi connectivity index (χ2n) is 5.72. The molecule has 2 unspecified atom stereocenters. The molecule has 0 saturated heterocycles. The van der Waals surface area contributed by atoms with Crippen molar-refractivity contribution in [1.82, 2.24) is 5.32 Å². The molecule has 0 radical (unpaired) electrons. The molecule has 0 aliphatic heterocycles. The standard InChI is InChI=1S/C19H21NS/c1-4-14(3)20-15-11-18(16-8-6-5-7-13(16)2)17-9-10-21-19(17)12-15/h4-10,15,18,20H,1,3,11-12H2,2H3. The van der Waals surface area contributed by atoms with Crippen molar-refractivity contribution in [2.75, 3.05) is 0 Å². The summed E-state index contributed by atoms with van der Waals surface area (Å²) >= 11 is 1.87. The minimum Gasteiger partial charge on any atom is -0.382 e. The van der Waals surface area contributed by atoms with E-state index in [0.29, 0.717) is 12.0 Å². The zero-order valence-corrected chi connectivity index (χ0v) is 13.2. The van der Waals surface area contributed by atoms with E-state index in [1.807, 2.05) is 11.3 Å². The molecule has 0 bridgehead atoms. The van der Waals surface area contributed by atoms with Crippen LogP contribution in [0.3, 0.4) is 0 Å². The Morgan fingerprint density at radius 2 is 2.10 bits per heavy atom. The van der Waals surface area contributed by atoms with Crippen LogP contribution in [0, 0.1) is 6.92 Å². The third kappa shape index (κ3) is 2.81. The third-order valence-corrected chi connectivity index (χ3v) is 5.27. The molecule has 1 aromatic heterocycles. The van der Waals surface area contributed by atoms with Gasteiger partial charge < -0.3 is 5.32 Å². The number of thiophene rings is 1. The van der Waals surface area contributed by atoms with Crippen LogP contribution < -0.4 is 5.32 Å². The van der Waals surface area contributed by atoms with Gasteiger partial charge in [0.2, 0.25) is 0 Å². The van der Waals surface area contributed by atoms with Gasteiger partial charge in [0.1, 0.15) is 0 Å². The van der Waals surface area contributed by atoms with Crippen LogP contribution in [0.2, 0.25) is 0 Å². The second-order valence-corrected chi connectivity index (χ2v) is 6.72. The molecule has 1 aliphatic carbocycles. The Balaban J connectivity index is 1.95. The van der Waals surface area contributed by atoms with Gasteiger partial charge in [0.25, 0.3) is 0 Å². The van der Waals surface area contributed by atoms with Gasteiger partial charge in [0, 0.05) is 29.0 Å². The van der Waals surface area contributed by atoms with Crippen molar-refractivity contribution in [1.29, 1.82) is 0 Å². The van der Waals surface area contributed by atoms with Crippen molar-refractivity contribution < 1.29 is 0 Å². The summed E-state index contributed by atoms with van der Waals surface area (Å²) < 4.78 is 0. The monoisotopic (exact) mass is 295 g/mol. The molecule has 0 saturated carbocycles.